The van der Waals surface area contributed by atoms with Gasteiger partial charge in [0.25, 0.3) is 5.91 Å². The molecule has 1 amide bonds. The van der Waals surface area contributed by atoms with E-state index < -0.39 is 10.0 Å². The van der Waals surface area contributed by atoms with Crippen molar-refractivity contribution in [1.82, 2.24) is 10.0 Å². The van der Waals surface area contributed by atoms with Crippen molar-refractivity contribution in [2.45, 2.75) is 50.5 Å². The van der Waals surface area contributed by atoms with Crippen molar-refractivity contribution in [2.24, 2.45) is 5.92 Å². The van der Waals surface area contributed by atoms with Crippen LogP contribution in [0.3, 0.4) is 0 Å². The van der Waals surface area contributed by atoms with Crippen LogP contribution >= 0.6 is 0 Å². The molecule has 1 aromatic carbocycles. The van der Waals surface area contributed by atoms with Crippen LogP contribution in [-0.4, -0.2) is 26.9 Å². The topological polar surface area (TPSA) is 75.3 Å². The molecule has 5 nitrogen and oxygen atoms in total. The fourth-order valence-corrected chi connectivity index (χ4v) is 3.84. The zero-order valence-electron chi connectivity index (χ0n) is 13.1. The van der Waals surface area contributed by atoms with E-state index >= 15 is 0 Å². The zero-order chi connectivity index (χ0) is 16.2. The standard InChI is InChI=1S/C16H24N2O3S/c1-3-17-22(20,21)15-6-4-5-13(11-15)16(19)18-14-9-7-12(2)8-10-14/h4-6,11-12,14,17H,3,7-10H2,1-2H3,(H,18,19). The molecule has 2 N–H and O–H groups in total. The normalized spacial score (nSPS) is 22.3. The first kappa shape index (κ1) is 17.0. The van der Waals surface area contributed by atoms with E-state index in [1.807, 2.05) is 0 Å². The van der Waals surface area contributed by atoms with Gasteiger partial charge in [-0.05, 0) is 49.8 Å². The number of amides is 1. The third-order valence-electron chi connectivity index (χ3n) is 4.09. The van der Waals surface area contributed by atoms with E-state index in [9.17, 15) is 13.2 Å². The number of hydrogen-bond donors (Lipinski definition) is 2. The molecule has 1 saturated carbocycles. The number of carbonyl (C=O) groups excluding carboxylic acids is 1. The Bertz CT molecular complexity index is 620. The smallest absolute Gasteiger partial charge is 0.251 e. The Morgan fingerprint density at radius 3 is 2.55 bits per heavy atom. The van der Waals surface area contributed by atoms with Crippen molar-refractivity contribution in [3.05, 3.63) is 29.8 Å². The van der Waals surface area contributed by atoms with Crippen LogP contribution in [0.25, 0.3) is 0 Å². The van der Waals surface area contributed by atoms with Crippen LogP contribution in [0.4, 0.5) is 0 Å². The number of benzene rings is 1. The molecule has 0 heterocycles. The molecule has 6 heteroatoms. The Morgan fingerprint density at radius 1 is 1.23 bits per heavy atom. The third-order valence-corrected chi connectivity index (χ3v) is 5.64. The minimum absolute atomic E-state index is 0.124. The third kappa shape index (κ3) is 4.30. The summed E-state index contributed by atoms with van der Waals surface area (Å²) in [5.74, 6) is 0.523. The Labute approximate surface area is 132 Å². The summed E-state index contributed by atoms with van der Waals surface area (Å²) in [5, 5.41) is 3.01. The van der Waals surface area contributed by atoms with Crippen LogP contribution < -0.4 is 10.0 Å². The summed E-state index contributed by atoms with van der Waals surface area (Å²) in [6.45, 7) is 4.27. The van der Waals surface area contributed by atoms with E-state index in [1.165, 1.54) is 12.1 Å². The largest absolute Gasteiger partial charge is 0.349 e. The summed E-state index contributed by atoms with van der Waals surface area (Å²) in [5.41, 5.74) is 0.387. The molecule has 0 aliphatic heterocycles. The highest BCUT2D eigenvalue weighted by atomic mass is 32.2. The molecular formula is C16H24N2O3S. The van der Waals surface area contributed by atoms with Gasteiger partial charge in [0.1, 0.15) is 0 Å². The molecule has 22 heavy (non-hydrogen) atoms. The second-order valence-corrected chi connectivity index (χ2v) is 7.73. The number of nitrogens with one attached hydrogen (secondary N) is 2. The fraction of sp³-hybridized carbons (Fsp3) is 0.562. The average Bonchev–Trinajstić information content (AvgIpc) is 2.50. The lowest BCUT2D eigenvalue weighted by Crippen LogP contribution is -2.37. The van der Waals surface area contributed by atoms with E-state index in [4.69, 9.17) is 0 Å². The molecule has 0 spiro atoms. The van der Waals surface area contributed by atoms with Gasteiger partial charge in [0, 0.05) is 18.2 Å². The Balaban J connectivity index is 2.07. The van der Waals surface area contributed by atoms with E-state index in [1.54, 1.807) is 19.1 Å². The lowest BCUT2D eigenvalue weighted by molar-refractivity contribution is 0.0923. The van der Waals surface area contributed by atoms with Crippen LogP contribution in [-0.2, 0) is 10.0 Å². The van der Waals surface area contributed by atoms with Gasteiger partial charge in [0.2, 0.25) is 10.0 Å². The maximum absolute atomic E-state index is 12.3. The Morgan fingerprint density at radius 2 is 1.91 bits per heavy atom. The Kier molecular flexibility index (Phi) is 5.58. The summed E-state index contributed by atoms with van der Waals surface area (Å²) in [6, 6.07) is 6.36. The SMILES string of the molecule is CCNS(=O)(=O)c1cccc(C(=O)NC2CCC(C)CC2)c1. The molecule has 1 aliphatic rings. The van der Waals surface area contributed by atoms with Gasteiger partial charge < -0.3 is 5.32 Å². The van der Waals surface area contributed by atoms with E-state index in [2.05, 4.69) is 17.0 Å². The quantitative estimate of drug-likeness (QED) is 0.872. The minimum Gasteiger partial charge on any atom is -0.349 e. The monoisotopic (exact) mass is 324 g/mol. The van der Waals surface area contributed by atoms with E-state index in [0.29, 0.717) is 12.1 Å². The van der Waals surface area contributed by atoms with Gasteiger partial charge in [0.05, 0.1) is 4.90 Å². The first-order valence-electron chi connectivity index (χ1n) is 7.83. The predicted molar refractivity (Wildman–Crippen MR) is 86.2 cm³/mol. The van der Waals surface area contributed by atoms with Crippen molar-refractivity contribution in [3.63, 3.8) is 0 Å². The maximum atomic E-state index is 12.3. The van der Waals surface area contributed by atoms with Crippen LogP contribution in [0.15, 0.2) is 29.2 Å². The second kappa shape index (κ2) is 7.24. The zero-order valence-corrected chi connectivity index (χ0v) is 13.9. The van der Waals surface area contributed by atoms with Crippen molar-refractivity contribution in [1.29, 1.82) is 0 Å². The molecule has 2 rings (SSSR count). The van der Waals surface area contributed by atoms with Crippen LogP contribution in [0.1, 0.15) is 49.9 Å². The van der Waals surface area contributed by atoms with Gasteiger partial charge in [0.15, 0.2) is 0 Å². The van der Waals surface area contributed by atoms with Gasteiger partial charge in [-0.1, -0.05) is 19.9 Å². The predicted octanol–water partition coefficient (Wildman–Crippen LogP) is 2.29. The summed E-state index contributed by atoms with van der Waals surface area (Å²) < 4.78 is 26.4. The fourth-order valence-electron chi connectivity index (χ4n) is 2.75. The van der Waals surface area contributed by atoms with Gasteiger partial charge >= 0.3 is 0 Å². The molecule has 0 radical (unpaired) electrons. The molecule has 1 fully saturated rings. The first-order chi connectivity index (χ1) is 10.4. The van der Waals surface area contributed by atoms with E-state index in [-0.39, 0.29) is 16.8 Å². The lowest BCUT2D eigenvalue weighted by atomic mass is 9.87. The van der Waals surface area contributed by atoms with Crippen molar-refractivity contribution < 1.29 is 13.2 Å². The molecule has 0 aromatic heterocycles. The second-order valence-electron chi connectivity index (χ2n) is 5.96. The number of rotatable bonds is 5. The first-order valence-corrected chi connectivity index (χ1v) is 9.31. The summed E-state index contributed by atoms with van der Waals surface area (Å²) in [4.78, 5) is 12.4. The van der Waals surface area contributed by atoms with E-state index in [0.717, 1.165) is 31.6 Å². The molecule has 122 valence electrons. The van der Waals surface area contributed by atoms with Crippen LogP contribution in [0, 0.1) is 5.92 Å². The number of carbonyl (C=O) groups is 1. The maximum Gasteiger partial charge on any atom is 0.251 e. The summed E-state index contributed by atoms with van der Waals surface area (Å²) in [6.07, 6.45) is 4.23. The molecule has 1 aliphatic carbocycles. The molecule has 0 unspecified atom stereocenters. The van der Waals surface area contributed by atoms with Gasteiger partial charge in [-0.3, -0.25) is 4.79 Å². The van der Waals surface area contributed by atoms with Crippen molar-refractivity contribution in [2.75, 3.05) is 6.54 Å². The van der Waals surface area contributed by atoms with Gasteiger partial charge in [-0.2, -0.15) is 0 Å². The lowest BCUT2D eigenvalue weighted by Gasteiger charge is -2.26. The van der Waals surface area contributed by atoms with Gasteiger partial charge in [-0.15, -0.1) is 0 Å². The highest BCUT2D eigenvalue weighted by molar-refractivity contribution is 7.89. The highest BCUT2D eigenvalue weighted by Gasteiger charge is 2.21. The number of sulfonamides is 1. The van der Waals surface area contributed by atoms with Crippen molar-refractivity contribution in [3.8, 4) is 0 Å². The summed E-state index contributed by atoms with van der Waals surface area (Å²) in [7, 11) is -3.54. The number of hydrogen-bond acceptors (Lipinski definition) is 3. The molecule has 0 bridgehead atoms. The highest BCUT2D eigenvalue weighted by Crippen LogP contribution is 2.23. The van der Waals surface area contributed by atoms with Crippen LogP contribution in [0.5, 0.6) is 0 Å². The average molecular weight is 324 g/mol. The molecule has 1 aromatic rings. The van der Waals surface area contributed by atoms with Crippen LogP contribution in [0.2, 0.25) is 0 Å². The molecular weight excluding hydrogens is 300 g/mol. The Hall–Kier alpha value is -1.40. The molecule has 0 atom stereocenters. The minimum atomic E-state index is -3.54. The van der Waals surface area contributed by atoms with Gasteiger partial charge in [-0.25, -0.2) is 13.1 Å². The summed E-state index contributed by atoms with van der Waals surface area (Å²) >= 11 is 0. The van der Waals surface area contributed by atoms with Crippen molar-refractivity contribution >= 4 is 15.9 Å². The molecule has 0 saturated heterocycles.